The smallest absolute Gasteiger partial charge is 0.256 e. The number of rotatable bonds is 4. The van der Waals surface area contributed by atoms with E-state index in [9.17, 15) is 8.42 Å². The Morgan fingerprint density at radius 2 is 1.73 bits per heavy atom. The summed E-state index contributed by atoms with van der Waals surface area (Å²) < 4.78 is 28.5. The number of sulfonamides is 1. The van der Waals surface area contributed by atoms with Crippen molar-refractivity contribution in [3.63, 3.8) is 0 Å². The van der Waals surface area contributed by atoms with Crippen LogP contribution < -0.4 is 4.72 Å². The highest BCUT2D eigenvalue weighted by Gasteiger charge is 2.13. The topological polar surface area (TPSA) is 64.0 Å². The standard InChI is InChI=1S/C16H15N3O2S/c1-19-15-10-6-5-9-14(15)16(17-19)18-22(20,21)12-11-13-7-3-2-4-8-13/h2-12H,1H3,(H,17,18). The van der Waals surface area contributed by atoms with Crippen LogP contribution >= 0.6 is 0 Å². The second kappa shape index (κ2) is 5.65. The summed E-state index contributed by atoms with van der Waals surface area (Å²) in [5.74, 6) is 0.329. The minimum absolute atomic E-state index is 0.329. The van der Waals surface area contributed by atoms with E-state index < -0.39 is 10.0 Å². The normalized spacial score (nSPS) is 12.0. The van der Waals surface area contributed by atoms with Crippen molar-refractivity contribution >= 4 is 32.8 Å². The molecule has 1 aromatic heterocycles. The van der Waals surface area contributed by atoms with Gasteiger partial charge in [0.1, 0.15) is 0 Å². The molecule has 0 aliphatic carbocycles. The maximum absolute atomic E-state index is 12.2. The van der Waals surface area contributed by atoms with Gasteiger partial charge < -0.3 is 0 Å². The molecule has 0 unspecified atom stereocenters. The molecule has 1 heterocycles. The maximum atomic E-state index is 12.2. The summed E-state index contributed by atoms with van der Waals surface area (Å²) in [4.78, 5) is 0. The fourth-order valence-electron chi connectivity index (χ4n) is 2.19. The van der Waals surface area contributed by atoms with Crippen LogP contribution in [0.3, 0.4) is 0 Å². The zero-order chi connectivity index (χ0) is 15.6. The minimum Gasteiger partial charge on any atom is -0.266 e. The molecule has 22 heavy (non-hydrogen) atoms. The number of para-hydroxylation sites is 1. The molecule has 0 amide bonds. The third kappa shape index (κ3) is 3.01. The average molecular weight is 313 g/mol. The fourth-order valence-corrected chi connectivity index (χ4v) is 3.01. The number of aromatic nitrogens is 2. The van der Waals surface area contributed by atoms with Crippen molar-refractivity contribution in [3.05, 3.63) is 65.6 Å². The molecule has 0 saturated carbocycles. The van der Waals surface area contributed by atoms with Gasteiger partial charge in [0.25, 0.3) is 10.0 Å². The number of benzene rings is 2. The first-order valence-corrected chi connectivity index (χ1v) is 8.27. The van der Waals surface area contributed by atoms with E-state index >= 15 is 0 Å². The molecule has 0 aliphatic heterocycles. The number of hydrogen-bond donors (Lipinski definition) is 1. The molecule has 0 aliphatic rings. The van der Waals surface area contributed by atoms with Crippen LogP contribution in [0.2, 0.25) is 0 Å². The Labute approximate surface area is 128 Å². The molecule has 0 spiro atoms. The van der Waals surface area contributed by atoms with Crippen LogP contribution in [0.5, 0.6) is 0 Å². The molecule has 0 saturated heterocycles. The van der Waals surface area contributed by atoms with Crippen molar-refractivity contribution in [3.8, 4) is 0 Å². The van der Waals surface area contributed by atoms with Crippen LogP contribution in [-0.4, -0.2) is 18.2 Å². The van der Waals surface area contributed by atoms with Crippen LogP contribution in [0.1, 0.15) is 5.56 Å². The van der Waals surface area contributed by atoms with Gasteiger partial charge in [-0.05, 0) is 23.8 Å². The van der Waals surface area contributed by atoms with E-state index in [2.05, 4.69) is 9.82 Å². The first kappa shape index (κ1) is 14.3. The third-order valence-corrected chi connectivity index (χ3v) is 4.21. The first-order chi connectivity index (χ1) is 10.6. The highest BCUT2D eigenvalue weighted by Crippen LogP contribution is 2.22. The van der Waals surface area contributed by atoms with Gasteiger partial charge in [-0.3, -0.25) is 9.40 Å². The number of aryl methyl sites for hydroxylation is 1. The molecule has 3 rings (SSSR count). The highest BCUT2D eigenvalue weighted by atomic mass is 32.2. The summed E-state index contributed by atoms with van der Waals surface area (Å²) in [6.45, 7) is 0. The second-order valence-electron chi connectivity index (χ2n) is 4.85. The van der Waals surface area contributed by atoms with E-state index in [0.717, 1.165) is 21.9 Å². The highest BCUT2D eigenvalue weighted by molar-refractivity contribution is 7.95. The summed E-state index contributed by atoms with van der Waals surface area (Å²) in [6, 6.07) is 16.7. The third-order valence-electron chi connectivity index (χ3n) is 3.24. The minimum atomic E-state index is -3.62. The molecular formula is C16H15N3O2S. The van der Waals surface area contributed by atoms with Gasteiger partial charge in [0.2, 0.25) is 0 Å². The Kier molecular flexibility index (Phi) is 3.68. The fraction of sp³-hybridized carbons (Fsp3) is 0.0625. The lowest BCUT2D eigenvalue weighted by atomic mass is 10.2. The van der Waals surface area contributed by atoms with E-state index in [0.29, 0.717) is 5.82 Å². The van der Waals surface area contributed by atoms with E-state index in [-0.39, 0.29) is 0 Å². The molecule has 112 valence electrons. The van der Waals surface area contributed by atoms with Crippen molar-refractivity contribution in [1.29, 1.82) is 0 Å². The van der Waals surface area contributed by atoms with E-state index in [1.54, 1.807) is 17.8 Å². The summed E-state index contributed by atoms with van der Waals surface area (Å²) in [6.07, 6.45) is 1.55. The molecular weight excluding hydrogens is 298 g/mol. The molecule has 0 bridgehead atoms. The van der Waals surface area contributed by atoms with Crippen LogP contribution in [0, 0.1) is 0 Å². The van der Waals surface area contributed by atoms with Crippen molar-refractivity contribution in [2.24, 2.45) is 7.05 Å². The zero-order valence-corrected chi connectivity index (χ0v) is 12.8. The van der Waals surface area contributed by atoms with E-state index in [1.807, 2.05) is 54.6 Å². The number of anilines is 1. The number of hydrogen-bond acceptors (Lipinski definition) is 3. The van der Waals surface area contributed by atoms with Gasteiger partial charge in [0, 0.05) is 12.4 Å². The summed E-state index contributed by atoms with van der Waals surface area (Å²) in [5.41, 5.74) is 1.69. The van der Waals surface area contributed by atoms with Gasteiger partial charge in [0.05, 0.1) is 10.9 Å². The van der Waals surface area contributed by atoms with Crippen LogP contribution in [0.15, 0.2) is 60.0 Å². The van der Waals surface area contributed by atoms with Crippen molar-refractivity contribution < 1.29 is 8.42 Å². The molecule has 0 atom stereocenters. The maximum Gasteiger partial charge on any atom is 0.256 e. The second-order valence-corrected chi connectivity index (χ2v) is 6.42. The monoisotopic (exact) mass is 313 g/mol. The zero-order valence-electron chi connectivity index (χ0n) is 12.0. The lowest BCUT2D eigenvalue weighted by Crippen LogP contribution is -2.09. The Balaban J connectivity index is 1.89. The molecule has 3 aromatic rings. The molecule has 1 N–H and O–H groups in total. The number of fused-ring (bicyclic) bond motifs is 1. The van der Waals surface area contributed by atoms with Gasteiger partial charge in [-0.2, -0.15) is 5.10 Å². The van der Waals surface area contributed by atoms with E-state index in [1.165, 1.54) is 0 Å². The summed E-state index contributed by atoms with van der Waals surface area (Å²) in [7, 11) is -1.84. The van der Waals surface area contributed by atoms with Gasteiger partial charge in [-0.1, -0.05) is 42.5 Å². The Hall–Kier alpha value is -2.60. The van der Waals surface area contributed by atoms with E-state index in [4.69, 9.17) is 0 Å². The Morgan fingerprint density at radius 3 is 2.50 bits per heavy atom. The first-order valence-electron chi connectivity index (χ1n) is 6.73. The predicted molar refractivity (Wildman–Crippen MR) is 88.7 cm³/mol. The van der Waals surface area contributed by atoms with Gasteiger partial charge >= 0.3 is 0 Å². The lowest BCUT2D eigenvalue weighted by molar-refractivity contribution is 0.609. The van der Waals surface area contributed by atoms with Gasteiger partial charge in [-0.25, -0.2) is 8.42 Å². The Morgan fingerprint density at radius 1 is 1.05 bits per heavy atom. The quantitative estimate of drug-likeness (QED) is 0.805. The lowest BCUT2D eigenvalue weighted by Gasteiger charge is -2.01. The Bertz CT molecular complexity index is 928. The number of nitrogens with one attached hydrogen (secondary N) is 1. The van der Waals surface area contributed by atoms with Crippen LogP contribution in [0.4, 0.5) is 5.82 Å². The molecule has 5 nitrogen and oxygen atoms in total. The molecule has 0 radical (unpaired) electrons. The van der Waals surface area contributed by atoms with Crippen molar-refractivity contribution in [2.45, 2.75) is 0 Å². The average Bonchev–Trinajstić information content (AvgIpc) is 2.83. The van der Waals surface area contributed by atoms with Gasteiger partial charge in [0.15, 0.2) is 5.82 Å². The largest absolute Gasteiger partial charge is 0.266 e. The molecule has 2 aromatic carbocycles. The predicted octanol–water partition coefficient (Wildman–Crippen LogP) is 2.99. The van der Waals surface area contributed by atoms with Crippen molar-refractivity contribution in [1.82, 2.24) is 9.78 Å². The summed E-state index contributed by atoms with van der Waals surface area (Å²) in [5, 5.41) is 6.13. The SMILES string of the molecule is Cn1nc(NS(=O)(=O)C=Cc2ccccc2)c2ccccc21. The van der Waals surface area contributed by atoms with Crippen LogP contribution in [-0.2, 0) is 17.1 Å². The van der Waals surface area contributed by atoms with Crippen LogP contribution in [0.25, 0.3) is 17.0 Å². The molecule has 6 heteroatoms. The number of nitrogens with zero attached hydrogens (tertiary/aromatic N) is 2. The van der Waals surface area contributed by atoms with Gasteiger partial charge in [-0.15, -0.1) is 0 Å². The van der Waals surface area contributed by atoms with Crippen molar-refractivity contribution in [2.75, 3.05) is 4.72 Å². The molecule has 0 fully saturated rings. The summed E-state index contributed by atoms with van der Waals surface area (Å²) >= 11 is 0.